The predicted molar refractivity (Wildman–Crippen MR) is 68.8 cm³/mol. The maximum atomic E-state index is 12.1. The molecule has 0 heterocycles. The van der Waals surface area contributed by atoms with Gasteiger partial charge in [-0.1, -0.05) is 0 Å². The molecule has 0 bridgehead atoms. The average molecular weight is 274 g/mol. The van der Waals surface area contributed by atoms with E-state index < -0.39 is 18.0 Å². The highest BCUT2D eigenvalue weighted by molar-refractivity contribution is 5.81. The van der Waals surface area contributed by atoms with Gasteiger partial charge in [-0.2, -0.15) is 0 Å². The molecule has 1 N–H and O–H groups in total. The van der Waals surface area contributed by atoms with Crippen molar-refractivity contribution in [3.05, 3.63) is 0 Å². The first kappa shape index (κ1) is 17.2. The second kappa shape index (κ2) is 8.34. The first-order valence-corrected chi connectivity index (χ1v) is 6.22. The third-order valence-electron chi connectivity index (χ3n) is 2.59. The van der Waals surface area contributed by atoms with E-state index in [9.17, 15) is 14.4 Å². The number of hydrogen-bond donors (Lipinski definition) is 1. The highest BCUT2D eigenvalue weighted by Crippen LogP contribution is 2.07. The van der Waals surface area contributed by atoms with Crippen LogP contribution in [0.25, 0.3) is 0 Å². The molecule has 0 aliphatic heterocycles. The van der Waals surface area contributed by atoms with E-state index >= 15 is 0 Å². The second-order valence-corrected chi connectivity index (χ2v) is 4.18. The fourth-order valence-corrected chi connectivity index (χ4v) is 1.69. The molecule has 0 spiro atoms. The van der Waals surface area contributed by atoms with Crippen LogP contribution in [0.2, 0.25) is 0 Å². The molecule has 1 unspecified atom stereocenters. The SMILES string of the molecule is CCOC(=O)CN(C)C(=O)N(CC)C(C)CC(=O)O. The quantitative estimate of drug-likeness (QED) is 0.693. The highest BCUT2D eigenvalue weighted by atomic mass is 16.5. The first-order chi connectivity index (χ1) is 8.83. The standard InChI is InChI=1S/C12H22N2O5/c1-5-14(9(3)7-10(15)16)12(18)13(4)8-11(17)19-6-2/h9H,5-8H2,1-4H3,(H,15,16). The normalized spacial score (nSPS) is 11.6. The molecule has 0 radical (unpaired) electrons. The van der Waals surface area contributed by atoms with Crippen molar-refractivity contribution in [1.82, 2.24) is 9.80 Å². The number of amides is 2. The zero-order chi connectivity index (χ0) is 15.0. The van der Waals surface area contributed by atoms with E-state index in [2.05, 4.69) is 0 Å². The van der Waals surface area contributed by atoms with Gasteiger partial charge in [-0.15, -0.1) is 0 Å². The number of nitrogens with zero attached hydrogens (tertiary/aromatic N) is 2. The Balaban J connectivity index is 4.56. The molecule has 0 aromatic carbocycles. The Hall–Kier alpha value is -1.79. The Morgan fingerprint density at radius 1 is 1.26 bits per heavy atom. The summed E-state index contributed by atoms with van der Waals surface area (Å²) in [4.78, 5) is 36.7. The number of esters is 1. The largest absolute Gasteiger partial charge is 0.481 e. The van der Waals surface area contributed by atoms with E-state index in [0.717, 1.165) is 0 Å². The zero-order valence-corrected chi connectivity index (χ0v) is 11.9. The molecule has 2 amide bonds. The number of urea groups is 1. The van der Waals surface area contributed by atoms with Crippen LogP contribution in [0.4, 0.5) is 4.79 Å². The van der Waals surface area contributed by atoms with Crippen molar-refractivity contribution in [1.29, 1.82) is 0 Å². The number of likely N-dealkylation sites (N-methyl/N-ethyl adjacent to an activating group) is 1. The summed E-state index contributed by atoms with van der Waals surface area (Å²) < 4.78 is 4.76. The summed E-state index contributed by atoms with van der Waals surface area (Å²) >= 11 is 0. The van der Waals surface area contributed by atoms with Crippen LogP contribution >= 0.6 is 0 Å². The Morgan fingerprint density at radius 3 is 2.26 bits per heavy atom. The summed E-state index contributed by atoms with van der Waals surface area (Å²) in [6, 6.07) is -0.816. The Kier molecular flexibility index (Phi) is 7.55. The van der Waals surface area contributed by atoms with Crippen molar-refractivity contribution in [2.75, 3.05) is 26.7 Å². The molecule has 0 aliphatic carbocycles. The van der Waals surface area contributed by atoms with Crippen LogP contribution in [0.1, 0.15) is 27.2 Å². The minimum absolute atomic E-state index is 0.132. The van der Waals surface area contributed by atoms with Crippen LogP contribution in [0.3, 0.4) is 0 Å². The van der Waals surface area contributed by atoms with Crippen LogP contribution in [-0.4, -0.2) is 65.7 Å². The minimum Gasteiger partial charge on any atom is -0.481 e. The summed E-state index contributed by atoms with van der Waals surface area (Å²) in [5.74, 6) is -1.45. The third-order valence-corrected chi connectivity index (χ3v) is 2.59. The van der Waals surface area contributed by atoms with E-state index in [1.807, 2.05) is 0 Å². The maximum Gasteiger partial charge on any atom is 0.325 e. The molecule has 1 atom stereocenters. The van der Waals surface area contributed by atoms with Gasteiger partial charge >= 0.3 is 18.0 Å². The molecule has 0 saturated heterocycles. The number of ether oxygens (including phenoxy) is 1. The molecular formula is C12H22N2O5. The lowest BCUT2D eigenvalue weighted by Gasteiger charge is -2.31. The number of carbonyl (C=O) groups excluding carboxylic acids is 2. The van der Waals surface area contributed by atoms with Gasteiger partial charge in [0.25, 0.3) is 0 Å². The lowest BCUT2D eigenvalue weighted by molar-refractivity contribution is -0.144. The van der Waals surface area contributed by atoms with Gasteiger partial charge in [-0.25, -0.2) is 4.79 Å². The number of aliphatic carboxylic acids is 1. The summed E-state index contributed by atoms with van der Waals surface area (Å²) in [5, 5.41) is 8.74. The van der Waals surface area contributed by atoms with Crippen molar-refractivity contribution >= 4 is 18.0 Å². The number of rotatable bonds is 7. The van der Waals surface area contributed by atoms with Gasteiger partial charge in [0.15, 0.2) is 0 Å². The van der Waals surface area contributed by atoms with Gasteiger partial charge in [-0.3, -0.25) is 9.59 Å². The molecule has 7 heteroatoms. The summed E-state index contributed by atoms with van der Waals surface area (Å²) in [5.41, 5.74) is 0. The highest BCUT2D eigenvalue weighted by Gasteiger charge is 2.24. The van der Waals surface area contributed by atoms with Crippen molar-refractivity contribution in [2.24, 2.45) is 0 Å². The van der Waals surface area contributed by atoms with Gasteiger partial charge in [0.2, 0.25) is 0 Å². The molecule has 0 aromatic heterocycles. The van der Waals surface area contributed by atoms with Crippen LogP contribution in [0.5, 0.6) is 0 Å². The molecule has 0 aliphatic rings. The summed E-state index contributed by atoms with van der Waals surface area (Å²) in [6.07, 6.45) is -0.132. The number of carboxylic acid groups (broad SMARTS) is 1. The van der Waals surface area contributed by atoms with Crippen molar-refractivity contribution < 1.29 is 24.2 Å². The fraction of sp³-hybridized carbons (Fsp3) is 0.750. The molecule has 0 rings (SSSR count). The minimum atomic E-state index is -0.966. The van der Waals surface area contributed by atoms with Crippen molar-refractivity contribution in [3.8, 4) is 0 Å². The maximum absolute atomic E-state index is 12.1. The lowest BCUT2D eigenvalue weighted by Crippen LogP contribution is -2.47. The van der Waals surface area contributed by atoms with E-state index in [-0.39, 0.29) is 25.6 Å². The molecule has 7 nitrogen and oxygen atoms in total. The zero-order valence-electron chi connectivity index (χ0n) is 11.9. The van der Waals surface area contributed by atoms with Gasteiger partial charge < -0.3 is 19.6 Å². The van der Waals surface area contributed by atoms with Gasteiger partial charge in [0.05, 0.1) is 13.0 Å². The third kappa shape index (κ3) is 6.08. The van der Waals surface area contributed by atoms with Crippen LogP contribution in [0, 0.1) is 0 Å². The smallest absolute Gasteiger partial charge is 0.325 e. The predicted octanol–water partition coefficient (Wildman–Crippen LogP) is 0.786. The van der Waals surface area contributed by atoms with Crippen LogP contribution < -0.4 is 0 Å². The van der Waals surface area contributed by atoms with Crippen LogP contribution in [-0.2, 0) is 14.3 Å². The Morgan fingerprint density at radius 2 is 1.84 bits per heavy atom. The molecule has 0 fully saturated rings. The molecular weight excluding hydrogens is 252 g/mol. The summed E-state index contributed by atoms with van der Waals surface area (Å²) in [7, 11) is 1.48. The van der Waals surface area contributed by atoms with Crippen molar-refractivity contribution in [2.45, 2.75) is 33.2 Å². The van der Waals surface area contributed by atoms with E-state index in [0.29, 0.717) is 6.54 Å². The van der Waals surface area contributed by atoms with Gasteiger partial charge in [0, 0.05) is 19.6 Å². The number of carbonyl (C=O) groups is 3. The van der Waals surface area contributed by atoms with Gasteiger partial charge in [-0.05, 0) is 20.8 Å². The van der Waals surface area contributed by atoms with E-state index in [1.54, 1.807) is 20.8 Å². The lowest BCUT2D eigenvalue weighted by atomic mass is 10.2. The molecule has 110 valence electrons. The summed E-state index contributed by atoms with van der Waals surface area (Å²) in [6.45, 7) is 5.59. The monoisotopic (exact) mass is 274 g/mol. The Labute approximate surface area is 113 Å². The van der Waals surface area contributed by atoms with Crippen molar-refractivity contribution in [3.63, 3.8) is 0 Å². The average Bonchev–Trinajstić information content (AvgIpc) is 2.28. The van der Waals surface area contributed by atoms with Gasteiger partial charge in [0.1, 0.15) is 6.54 Å². The fourth-order valence-electron chi connectivity index (χ4n) is 1.69. The topological polar surface area (TPSA) is 87.2 Å². The first-order valence-electron chi connectivity index (χ1n) is 6.22. The molecule has 0 saturated carbocycles. The Bertz CT molecular complexity index is 332. The second-order valence-electron chi connectivity index (χ2n) is 4.18. The number of hydrogen-bond acceptors (Lipinski definition) is 4. The van der Waals surface area contributed by atoms with E-state index in [1.165, 1.54) is 16.8 Å². The molecule has 19 heavy (non-hydrogen) atoms. The van der Waals surface area contributed by atoms with Crippen LogP contribution in [0.15, 0.2) is 0 Å². The number of carboxylic acids is 1. The van der Waals surface area contributed by atoms with E-state index in [4.69, 9.17) is 9.84 Å². The molecule has 0 aromatic rings.